The van der Waals surface area contributed by atoms with E-state index in [1.165, 1.54) is 81.9 Å². The van der Waals surface area contributed by atoms with E-state index in [4.69, 9.17) is 0 Å². The van der Waals surface area contributed by atoms with Crippen LogP contribution in [0.1, 0.15) is 82.6 Å². The Hall–Kier alpha value is -1.19. The van der Waals surface area contributed by atoms with Crippen LogP contribution in [0, 0.1) is 29.6 Å². The summed E-state index contributed by atoms with van der Waals surface area (Å²) in [5.41, 5.74) is 1.18. The lowest BCUT2D eigenvalue weighted by atomic mass is 9.60. The van der Waals surface area contributed by atoms with E-state index in [0.717, 1.165) is 29.6 Å². The smallest absolute Gasteiger partial charge is 0.406 e. The fourth-order valence-electron chi connectivity index (χ4n) is 6.36. The number of alkyl halides is 3. The molecule has 4 unspecified atom stereocenters. The SMILES string of the molecule is CC1CCC(C2CCC3CC(c4ccc(OC(F)(F)F)cc4)CCC3C2)CC1. The molecule has 4 heteroatoms. The molecule has 4 atom stereocenters. The minimum Gasteiger partial charge on any atom is -0.406 e. The minimum atomic E-state index is -4.62. The van der Waals surface area contributed by atoms with Crippen LogP contribution in [-0.4, -0.2) is 6.36 Å². The third-order valence-corrected chi connectivity index (χ3v) is 7.97. The molecule has 0 amide bonds. The van der Waals surface area contributed by atoms with E-state index in [9.17, 15) is 13.2 Å². The summed E-state index contributed by atoms with van der Waals surface area (Å²) in [6.45, 7) is 2.40. The normalized spacial score (nSPS) is 36.6. The van der Waals surface area contributed by atoms with Crippen molar-refractivity contribution in [3.8, 4) is 5.75 Å². The van der Waals surface area contributed by atoms with Gasteiger partial charge in [0.05, 0.1) is 0 Å². The fraction of sp³-hybridized carbons (Fsp3) is 0.750. The van der Waals surface area contributed by atoms with E-state index in [0.29, 0.717) is 5.92 Å². The maximum absolute atomic E-state index is 12.3. The predicted molar refractivity (Wildman–Crippen MR) is 105 cm³/mol. The van der Waals surface area contributed by atoms with Gasteiger partial charge in [-0.25, -0.2) is 0 Å². The highest BCUT2D eigenvalue weighted by atomic mass is 19.4. The average Bonchev–Trinajstić information content (AvgIpc) is 2.67. The van der Waals surface area contributed by atoms with Crippen molar-refractivity contribution >= 4 is 0 Å². The number of ether oxygens (including phenoxy) is 1. The van der Waals surface area contributed by atoms with Crippen LogP contribution < -0.4 is 4.74 Å². The van der Waals surface area contributed by atoms with E-state index in [1.807, 2.05) is 12.1 Å². The maximum Gasteiger partial charge on any atom is 0.573 e. The molecule has 0 radical (unpaired) electrons. The number of benzene rings is 1. The summed E-state index contributed by atoms with van der Waals surface area (Å²) < 4.78 is 41.0. The lowest BCUT2D eigenvalue weighted by molar-refractivity contribution is -0.274. The van der Waals surface area contributed by atoms with Gasteiger partial charge in [0.1, 0.15) is 5.75 Å². The van der Waals surface area contributed by atoms with Gasteiger partial charge in [0.2, 0.25) is 0 Å². The second kappa shape index (κ2) is 8.28. The molecule has 4 rings (SSSR count). The lowest BCUT2D eigenvalue weighted by Crippen LogP contribution is -2.34. The highest BCUT2D eigenvalue weighted by molar-refractivity contribution is 5.30. The molecular formula is C24H33F3O. The zero-order chi connectivity index (χ0) is 19.7. The van der Waals surface area contributed by atoms with Gasteiger partial charge in [-0.2, -0.15) is 0 Å². The van der Waals surface area contributed by atoms with Crippen molar-refractivity contribution < 1.29 is 17.9 Å². The van der Waals surface area contributed by atoms with Gasteiger partial charge in [-0.05, 0) is 105 Å². The van der Waals surface area contributed by atoms with Crippen molar-refractivity contribution in [1.29, 1.82) is 0 Å². The highest BCUT2D eigenvalue weighted by Crippen LogP contribution is 2.50. The van der Waals surface area contributed by atoms with Crippen molar-refractivity contribution in [3.05, 3.63) is 29.8 Å². The molecule has 3 saturated carbocycles. The lowest BCUT2D eigenvalue weighted by Gasteiger charge is -2.45. The van der Waals surface area contributed by atoms with Gasteiger partial charge in [-0.3, -0.25) is 0 Å². The molecule has 0 heterocycles. The number of rotatable bonds is 3. The first-order valence-electron chi connectivity index (χ1n) is 11.2. The molecule has 3 aliphatic rings. The Bertz CT molecular complexity index is 630. The summed E-state index contributed by atoms with van der Waals surface area (Å²) in [5.74, 6) is 4.91. The molecule has 0 spiro atoms. The van der Waals surface area contributed by atoms with Crippen LogP contribution >= 0.6 is 0 Å². The summed E-state index contributed by atoms with van der Waals surface area (Å²) >= 11 is 0. The Labute approximate surface area is 167 Å². The third kappa shape index (κ3) is 4.86. The maximum atomic E-state index is 12.3. The Morgan fingerprint density at radius 2 is 1.25 bits per heavy atom. The fourth-order valence-corrected chi connectivity index (χ4v) is 6.36. The molecule has 156 valence electrons. The van der Waals surface area contributed by atoms with Crippen molar-refractivity contribution in [3.63, 3.8) is 0 Å². The number of fused-ring (bicyclic) bond motifs is 1. The molecule has 0 N–H and O–H groups in total. The van der Waals surface area contributed by atoms with E-state index in [-0.39, 0.29) is 5.75 Å². The van der Waals surface area contributed by atoms with Gasteiger partial charge in [0, 0.05) is 0 Å². The highest BCUT2D eigenvalue weighted by Gasteiger charge is 2.39. The van der Waals surface area contributed by atoms with Crippen LogP contribution in [0.4, 0.5) is 13.2 Å². The predicted octanol–water partition coefficient (Wildman–Crippen LogP) is 7.71. The number of hydrogen-bond donors (Lipinski definition) is 0. The van der Waals surface area contributed by atoms with Crippen LogP contribution in [-0.2, 0) is 0 Å². The van der Waals surface area contributed by atoms with E-state index in [1.54, 1.807) is 0 Å². The first-order valence-corrected chi connectivity index (χ1v) is 11.2. The van der Waals surface area contributed by atoms with Crippen LogP contribution in [0.25, 0.3) is 0 Å². The molecule has 0 aromatic heterocycles. The molecule has 28 heavy (non-hydrogen) atoms. The first-order chi connectivity index (χ1) is 13.4. The number of hydrogen-bond acceptors (Lipinski definition) is 1. The zero-order valence-electron chi connectivity index (χ0n) is 16.9. The summed E-state index contributed by atoms with van der Waals surface area (Å²) in [6, 6.07) is 6.60. The second-order valence-electron chi connectivity index (χ2n) is 9.74. The molecular weight excluding hydrogens is 361 g/mol. The second-order valence-corrected chi connectivity index (χ2v) is 9.74. The van der Waals surface area contributed by atoms with Crippen LogP contribution in [0.3, 0.4) is 0 Å². The Morgan fingerprint density at radius 1 is 0.714 bits per heavy atom. The Morgan fingerprint density at radius 3 is 1.89 bits per heavy atom. The monoisotopic (exact) mass is 394 g/mol. The molecule has 1 aromatic rings. The Kier molecular flexibility index (Phi) is 5.94. The molecule has 0 saturated heterocycles. The summed E-state index contributed by atoms with van der Waals surface area (Å²) in [4.78, 5) is 0. The topological polar surface area (TPSA) is 9.23 Å². The summed E-state index contributed by atoms with van der Waals surface area (Å²) in [7, 11) is 0. The van der Waals surface area contributed by atoms with Gasteiger partial charge >= 0.3 is 6.36 Å². The molecule has 0 bridgehead atoms. The zero-order valence-corrected chi connectivity index (χ0v) is 16.9. The van der Waals surface area contributed by atoms with Crippen LogP contribution in [0.2, 0.25) is 0 Å². The standard InChI is InChI=1S/C24H33F3O/c1-16-2-4-17(5-3-16)19-6-8-22-15-20(7-9-21(22)14-19)18-10-12-23(13-11-18)28-24(25,26)27/h10-13,16-17,19-22H,2-9,14-15H2,1H3. The quantitative estimate of drug-likeness (QED) is 0.510. The summed E-state index contributed by atoms with van der Waals surface area (Å²) in [6.07, 6.45) is 8.96. The first kappa shape index (κ1) is 20.1. The van der Waals surface area contributed by atoms with Gasteiger partial charge < -0.3 is 4.74 Å². The summed E-state index contributed by atoms with van der Waals surface area (Å²) in [5, 5.41) is 0. The molecule has 0 aliphatic heterocycles. The van der Waals surface area contributed by atoms with E-state index < -0.39 is 6.36 Å². The third-order valence-electron chi connectivity index (χ3n) is 7.97. The van der Waals surface area contributed by atoms with Gasteiger partial charge in [0.15, 0.2) is 0 Å². The Balaban J connectivity index is 1.31. The molecule has 1 nitrogen and oxygen atoms in total. The van der Waals surface area contributed by atoms with E-state index in [2.05, 4.69) is 11.7 Å². The largest absolute Gasteiger partial charge is 0.573 e. The van der Waals surface area contributed by atoms with Crippen LogP contribution in [0.5, 0.6) is 5.75 Å². The van der Waals surface area contributed by atoms with Gasteiger partial charge in [-0.1, -0.05) is 31.9 Å². The molecule has 3 aliphatic carbocycles. The van der Waals surface area contributed by atoms with Crippen molar-refractivity contribution in [2.24, 2.45) is 29.6 Å². The van der Waals surface area contributed by atoms with Crippen molar-refractivity contribution in [2.75, 3.05) is 0 Å². The van der Waals surface area contributed by atoms with Gasteiger partial charge in [0.25, 0.3) is 0 Å². The van der Waals surface area contributed by atoms with E-state index >= 15 is 0 Å². The van der Waals surface area contributed by atoms with Crippen molar-refractivity contribution in [1.82, 2.24) is 0 Å². The average molecular weight is 395 g/mol. The van der Waals surface area contributed by atoms with Crippen LogP contribution in [0.15, 0.2) is 24.3 Å². The van der Waals surface area contributed by atoms with Crippen molar-refractivity contribution in [2.45, 2.75) is 83.4 Å². The molecule has 1 aromatic carbocycles. The number of halogens is 3. The van der Waals surface area contributed by atoms with Gasteiger partial charge in [-0.15, -0.1) is 13.2 Å². The minimum absolute atomic E-state index is 0.118. The molecule has 3 fully saturated rings.